The molecule has 0 spiro atoms. The molecule has 2 heterocycles. The number of hydrogen-bond donors (Lipinski definition) is 3. The first-order valence-electron chi connectivity index (χ1n) is 13.9. The zero-order valence-electron chi connectivity index (χ0n) is 26.3. The molecule has 4 rings (SSSR count). The molecule has 259 valence electrons. The molecule has 2 unspecified atom stereocenters. The summed E-state index contributed by atoms with van der Waals surface area (Å²) in [4.78, 5) is 12.8. The minimum Gasteiger partial charge on any atom is -0.551 e. The molecule has 0 amide bonds. The van der Waals surface area contributed by atoms with Crippen molar-refractivity contribution in [2.75, 3.05) is 24.8 Å². The topological polar surface area (TPSA) is 134 Å². The van der Waals surface area contributed by atoms with E-state index in [-0.39, 0.29) is 70.5 Å². The van der Waals surface area contributed by atoms with Crippen molar-refractivity contribution in [3.8, 4) is 11.5 Å². The molecule has 2 aromatic heterocycles. The Morgan fingerprint density at radius 3 is 1.47 bits per heavy atom. The van der Waals surface area contributed by atoms with Crippen LogP contribution in [0.15, 0.2) is 97.3 Å². The van der Waals surface area contributed by atoms with Crippen LogP contribution < -0.4 is 0 Å². The van der Waals surface area contributed by atoms with Crippen molar-refractivity contribution in [1.29, 1.82) is 0 Å². The molecule has 9 nitrogen and oxygen atoms in total. The predicted molar refractivity (Wildman–Crippen MR) is 181 cm³/mol. The van der Waals surface area contributed by atoms with Gasteiger partial charge in [-0.2, -0.15) is 0 Å². The van der Waals surface area contributed by atoms with Crippen LogP contribution in [-0.4, -0.2) is 77.6 Å². The zero-order valence-corrected chi connectivity index (χ0v) is 30.0. The first-order valence-corrected chi connectivity index (χ1v) is 15.0. The van der Waals surface area contributed by atoms with Crippen LogP contribution in [0.2, 0.25) is 0 Å². The third kappa shape index (κ3) is 17.6. The van der Waals surface area contributed by atoms with E-state index in [1.807, 2.05) is 71.6 Å². The summed E-state index contributed by atoms with van der Waals surface area (Å²) in [5.41, 5.74) is 3.54. The smallest absolute Gasteiger partial charge is 0.551 e. The molecule has 13 heteroatoms. The Kier molecular flexibility index (Phi) is 26.6. The van der Waals surface area contributed by atoms with E-state index in [1.54, 1.807) is 30.6 Å². The van der Waals surface area contributed by atoms with Gasteiger partial charge in [0.25, 0.3) is 0 Å². The normalized spacial score (nSPS) is 11.4. The molecule has 0 bridgehead atoms. The summed E-state index contributed by atoms with van der Waals surface area (Å²) in [6, 6.07) is 26.0. The quantitative estimate of drug-likeness (QED) is 0.0853. The number of aromatic nitrogens is 2. The van der Waals surface area contributed by atoms with E-state index >= 15 is 0 Å². The van der Waals surface area contributed by atoms with Crippen molar-refractivity contribution in [2.45, 2.75) is 38.4 Å². The third-order valence-corrected chi connectivity index (χ3v) is 7.21. The van der Waals surface area contributed by atoms with Gasteiger partial charge in [-0.15, -0.1) is 23.2 Å². The van der Waals surface area contributed by atoms with E-state index in [1.165, 1.54) is 0 Å². The average molecular weight is 771 g/mol. The molecular formula is C34H44Cl2Fe2N4O5+. The Morgan fingerprint density at radius 1 is 0.681 bits per heavy atom. The van der Waals surface area contributed by atoms with E-state index < -0.39 is 6.10 Å². The van der Waals surface area contributed by atoms with Gasteiger partial charge in [0.05, 0.1) is 17.5 Å². The van der Waals surface area contributed by atoms with Gasteiger partial charge in [0, 0.05) is 97.7 Å². The first kappa shape index (κ1) is 46.9. The van der Waals surface area contributed by atoms with Crippen molar-refractivity contribution in [3.63, 3.8) is 0 Å². The van der Waals surface area contributed by atoms with Crippen molar-refractivity contribution in [1.82, 2.24) is 19.8 Å². The Balaban J connectivity index is 0. The second-order valence-electron chi connectivity index (χ2n) is 9.99. The molecule has 1 radical (unpaired) electrons. The van der Waals surface area contributed by atoms with Gasteiger partial charge < -0.3 is 33.0 Å². The number of aromatic hydroxyl groups is 2. The summed E-state index contributed by atoms with van der Waals surface area (Å²) in [6.07, 6.45) is 2.73. The van der Waals surface area contributed by atoms with Crippen LogP contribution in [0.4, 0.5) is 0 Å². The van der Waals surface area contributed by atoms with Gasteiger partial charge in [-0.3, -0.25) is 19.8 Å². The third-order valence-electron chi connectivity index (χ3n) is 6.51. The first-order chi connectivity index (χ1) is 20.9. The molecule has 0 saturated heterocycles. The zero-order chi connectivity index (χ0) is 30.9. The fraction of sp³-hybridized carbons (Fsp3) is 0.294. The predicted octanol–water partition coefficient (Wildman–Crippen LogP) is 5.21. The summed E-state index contributed by atoms with van der Waals surface area (Å²) in [7, 11) is 3.47. The van der Waals surface area contributed by atoms with Crippen LogP contribution in [0.25, 0.3) is 0 Å². The number of phenols is 2. The SMILES string of the molecule is O.Oc1ccccc1CN(Cc1ccccn1)CC(O)CCl.[CH2-]OC(CCl)CN(Cc1ccccn1)Cc1ccccc1O.[CH3-].[Fe+3].[Fe]. The maximum atomic E-state index is 9.96. The minimum atomic E-state index is -0.610. The van der Waals surface area contributed by atoms with Crippen molar-refractivity contribution in [2.24, 2.45) is 0 Å². The number of pyridine rings is 2. The van der Waals surface area contributed by atoms with Crippen LogP contribution in [0.5, 0.6) is 11.5 Å². The van der Waals surface area contributed by atoms with Crippen molar-refractivity contribution < 1.29 is 59.7 Å². The van der Waals surface area contributed by atoms with Crippen LogP contribution in [0.3, 0.4) is 0 Å². The maximum absolute atomic E-state index is 9.96. The Morgan fingerprint density at radius 2 is 1.11 bits per heavy atom. The Hall–Kier alpha value is -2.24. The van der Waals surface area contributed by atoms with E-state index in [0.717, 1.165) is 22.5 Å². The number of rotatable bonds is 15. The molecule has 0 saturated carbocycles. The van der Waals surface area contributed by atoms with E-state index in [0.29, 0.717) is 45.1 Å². The van der Waals surface area contributed by atoms with Gasteiger partial charge in [-0.05, 0) is 36.4 Å². The standard InChI is InChI=1S/C17H20ClN2O2.C16H19ClN2O2.CH3.2Fe.H2O/c1-22-16(10-18)13-20(12-15-7-4-5-9-19-15)11-14-6-2-3-8-17(14)21;17-9-15(20)12-19(11-14-6-3-4-8-18-14)10-13-5-1-2-7-16(13)21;;;;/h2-9,16,21H,1,10-13H2;1-8,15,20-21H,9-12H2;1H3;;;1H2/q-1;;-1;;+3;. The number of hydrogen-bond acceptors (Lipinski definition) is 8. The van der Waals surface area contributed by atoms with Gasteiger partial charge in [0.15, 0.2) is 0 Å². The molecule has 5 N–H and O–H groups in total. The summed E-state index contributed by atoms with van der Waals surface area (Å²) in [5.74, 6) is 1.08. The number of para-hydroxylation sites is 2. The Labute approximate surface area is 310 Å². The molecule has 4 aromatic rings. The van der Waals surface area contributed by atoms with Gasteiger partial charge in [-0.1, -0.05) is 48.5 Å². The summed E-state index contributed by atoms with van der Waals surface area (Å²) < 4.78 is 5.13. The number of benzene rings is 2. The van der Waals surface area contributed by atoms with Crippen LogP contribution in [0, 0.1) is 14.5 Å². The molecule has 0 aliphatic heterocycles. The second-order valence-corrected chi connectivity index (χ2v) is 10.6. The maximum Gasteiger partial charge on any atom is 3.00 e. The van der Waals surface area contributed by atoms with Gasteiger partial charge in [0.2, 0.25) is 0 Å². The largest absolute Gasteiger partial charge is 3.00 e. The monoisotopic (exact) mass is 770 g/mol. The minimum absolute atomic E-state index is 0. The summed E-state index contributed by atoms with van der Waals surface area (Å²) in [6.45, 7) is 3.37. The van der Waals surface area contributed by atoms with Crippen molar-refractivity contribution >= 4 is 23.2 Å². The number of aliphatic hydroxyl groups excluding tert-OH is 1. The fourth-order valence-corrected chi connectivity index (χ4v) is 4.65. The van der Waals surface area contributed by atoms with Crippen LogP contribution in [-0.2, 0) is 65.1 Å². The Bertz CT molecular complexity index is 1330. The van der Waals surface area contributed by atoms with Crippen LogP contribution in [0.1, 0.15) is 22.5 Å². The number of nitrogens with zero attached hydrogens (tertiary/aromatic N) is 4. The summed E-state index contributed by atoms with van der Waals surface area (Å²) in [5, 5.41) is 29.6. The number of alkyl halides is 2. The molecular weight excluding hydrogens is 727 g/mol. The second kappa shape index (κ2) is 26.7. The molecule has 2 atom stereocenters. The molecule has 2 aromatic carbocycles. The number of phenolic OH excluding ortho intramolecular Hbond substituents is 2. The number of aliphatic hydroxyl groups is 1. The van der Waals surface area contributed by atoms with Gasteiger partial charge >= 0.3 is 17.1 Å². The van der Waals surface area contributed by atoms with Crippen molar-refractivity contribution in [3.05, 3.63) is 134 Å². The molecule has 0 aliphatic carbocycles. The van der Waals surface area contributed by atoms with Crippen LogP contribution >= 0.6 is 23.2 Å². The average Bonchev–Trinajstić information content (AvgIpc) is 3.03. The van der Waals surface area contributed by atoms with E-state index in [2.05, 4.69) is 22.0 Å². The molecule has 0 aliphatic rings. The molecule has 47 heavy (non-hydrogen) atoms. The number of ether oxygens (including phenoxy) is 1. The fourth-order valence-electron chi connectivity index (χ4n) is 4.36. The van der Waals surface area contributed by atoms with E-state index in [9.17, 15) is 15.3 Å². The van der Waals surface area contributed by atoms with Gasteiger partial charge in [-0.25, -0.2) is 7.11 Å². The van der Waals surface area contributed by atoms with Gasteiger partial charge in [0.1, 0.15) is 11.5 Å². The van der Waals surface area contributed by atoms with E-state index in [4.69, 9.17) is 27.9 Å². The number of halogens is 2. The summed E-state index contributed by atoms with van der Waals surface area (Å²) >= 11 is 11.6. The molecule has 0 fully saturated rings.